The van der Waals surface area contributed by atoms with Crippen molar-refractivity contribution in [2.45, 2.75) is 6.92 Å². The van der Waals surface area contributed by atoms with Crippen molar-refractivity contribution < 1.29 is 0 Å². The Morgan fingerprint density at radius 1 is 1.56 bits per heavy atom. The minimum atomic E-state index is -0.00654. The summed E-state index contributed by atoms with van der Waals surface area (Å²) in [7, 11) is 1.93. The van der Waals surface area contributed by atoms with E-state index in [1.165, 1.54) is 0 Å². The van der Waals surface area contributed by atoms with Crippen molar-refractivity contribution in [3.05, 3.63) is 24.5 Å². The minimum absolute atomic E-state index is 0.00654. The molecular formula is C11H13N5. The molecule has 0 saturated carbocycles. The average Bonchev–Trinajstić information content (AvgIpc) is 2.75. The molecule has 0 N–H and O–H groups in total. The van der Waals surface area contributed by atoms with E-state index in [1.807, 2.05) is 37.2 Å². The van der Waals surface area contributed by atoms with E-state index in [4.69, 9.17) is 5.26 Å². The van der Waals surface area contributed by atoms with Gasteiger partial charge in [-0.1, -0.05) is 0 Å². The van der Waals surface area contributed by atoms with Crippen LogP contribution < -0.4 is 4.90 Å². The Bertz CT molecular complexity index is 524. The molecule has 2 rings (SSSR count). The van der Waals surface area contributed by atoms with Gasteiger partial charge in [-0.15, -0.1) is 0 Å². The van der Waals surface area contributed by atoms with Crippen molar-refractivity contribution in [3.63, 3.8) is 0 Å². The summed E-state index contributed by atoms with van der Waals surface area (Å²) in [5.41, 5.74) is 0.814. The first-order chi connectivity index (χ1) is 7.70. The van der Waals surface area contributed by atoms with Crippen molar-refractivity contribution in [2.24, 2.45) is 5.92 Å². The lowest BCUT2D eigenvalue weighted by atomic mass is 10.2. The molecule has 2 heterocycles. The predicted octanol–water partition coefficient (Wildman–Crippen LogP) is 1.33. The van der Waals surface area contributed by atoms with Gasteiger partial charge in [0.2, 0.25) is 0 Å². The molecule has 0 spiro atoms. The molecule has 1 unspecified atom stereocenters. The summed E-state index contributed by atoms with van der Waals surface area (Å²) in [4.78, 5) is 6.41. The normalized spacial score (nSPS) is 12.3. The summed E-state index contributed by atoms with van der Waals surface area (Å²) in [6, 6.07) is 5.96. The van der Waals surface area contributed by atoms with E-state index in [-0.39, 0.29) is 5.92 Å². The maximum atomic E-state index is 8.76. The maximum Gasteiger partial charge on any atom is 0.157 e. The first-order valence-electron chi connectivity index (χ1n) is 5.12. The van der Waals surface area contributed by atoms with Crippen molar-refractivity contribution in [1.29, 1.82) is 5.26 Å². The molecule has 0 radical (unpaired) electrons. The highest BCUT2D eigenvalue weighted by Crippen LogP contribution is 2.11. The topological polar surface area (TPSA) is 57.2 Å². The number of anilines is 1. The summed E-state index contributed by atoms with van der Waals surface area (Å²) in [6.07, 6.45) is 3.58. The highest BCUT2D eigenvalue weighted by molar-refractivity contribution is 5.46. The number of fused-ring (bicyclic) bond motifs is 1. The molecule has 1 atom stereocenters. The summed E-state index contributed by atoms with van der Waals surface area (Å²) in [6.45, 7) is 2.57. The highest BCUT2D eigenvalue weighted by Gasteiger charge is 2.08. The number of aromatic nitrogens is 3. The van der Waals surface area contributed by atoms with Crippen molar-refractivity contribution in [1.82, 2.24) is 14.6 Å². The molecule has 2 aromatic heterocycles. The maximum absolute atomic E-state index is 8.76. The van der Waals surface area contributed by atoms with Crippen LogP contribution in [0.25, 0.3) is 5.65 Å². The molecule has 2 aromatic rings. The van der Waals surface area contributed by atoms with Crippen LogP contribution >= 0.6 is 0 Å². The van der Waals surface area contributed by atoms with Crippen molar-refractivity contribution in [3.8, 4) is 6.07 Å². The van der Waals surface area contributed by atoms with Gasteiger partial charge < -0.3 is 4.90 Å². The van der Waals surface area contributed by atoms with Gasteiger partial charge in [0.1, 0.15) is 5.82 Å². The number of hydrogen-bond donors (Lipinski definition) is 0. The quantitative estimate of drug-likeness (QED) is 0.775. The van der Waals surface area contributed by atoms with Gasteiger partial charge in [-0.2, -0.15) is 10.4 Å². The third kappa shape index (κ3) is 1.96. The molecule has 5 nitrogen and oxygen atoms in total. The SMILES string of the molecule is CC(C#N)CN(C)c1ccn2nccc2n1. The fraction of sp³-hybridized carbons (Fsp3) is 0.364. The van der Waals surface area contributed by atoms with Crippen LogP contribution in [0.3, 0.4) is 0 Å². The van der Waals surface area contributed by atoms with Crippen molar-refractivity contribution >= 4 is 11.5 Å². The molecule has 0 aliphatic carbocycles. The van der Waals surface area contributed by atoms with Gasteiger partial charge in [0.25, 0.3) is 0 Å². The van der Waals surface area contributed by atoms with Crippen LogP contribution in [-0.4, -0.2) is 28.2 Å². The smallest absolute Gasteiger partial charge is 0.157 e. The zero-order valence-corrected chi connectivity index (χ0v) is 9.33. The van der Waals surface area contributed by atoms with Gasteiger partial charge >= 0.3 is 0 Å². The molecule has 0 saturated heterocycles. The molecular weight excluding hydrogens is 202 g/mol. The first kappa shape index (κ1) is 10.4. The Morgan fingerprint density at radius 3 is 3.12 bits per heavy atom. The van der Waals surface area contributed by atoms with Crippen LogP contribution in [0.15, 0.2) is 24.5 Å². The molecule has 0 aromatic carbocycles. The summed E-state index contributed by atoms with van der Waals surface area (Å²) in [5.74, 6) is 0.850. The van der Waals surface area contributed by atoms with E-state index >= 15 is 0 Å². The number of rotatable bonds is 3. The number of hydrogen-bond acceptors (Lipinski definition) is 4. The Kier molecular flexibility index (Phi) is 2.73. The lowest BCUT2D eigenvalue weighted by molar-refractivity contribution is 0.709. The fourth-order valence-corrected chi connectivity index (χ4v) is 1.56. The van der Waals surface area contributed by atoms with E-state index in [0.717, 1.165) is 11.5 Å². The monoisotopic (exact) mass is 215 g/mol. The van der Waals surface area contributed by atoms with E-state index in [1.54, 1.807) is 10.7 Å². The third-order valence-electron chi connectivity index (χ3n) is 2.40. The summed E-state index contributed by atoms with van der Waals surface area (Å²) >= 11 is 0. The first-order valence-corrected chi connectivity index (χ1v) is 5.12. The van der Waals surface area contributed by atoms with Gasteiger partial charge in [0.05, 0.1) is 18.2 Å². The molecule has 0 aliphatic rings. The second kappa shape index (κ2) is 4.19. The van der Waals surface area contributed by atoms with E-state index < -0.39 is 0 Å². The Balaban J connectivity index is 2.22. The van der Waals surface area contributed by atoms with Gasteiger partial charge in [-0.05, 0) is 13.0 Å². The largest absolute Gasteiger partial charge is 0.358 e. The standard InChI is InChI=1S/C11H13N5/c1-9(7-12)8-15(2)10-4-6-16-11(14-10)3-5-13-16/h3-6,9H,8H2,1-2H3. The van der Waals surface area contributed by atoms with Crippen molar-refractivity contribution in [2.75, 3.05) is 18.5 Å². The predicted molar refractivity (Wildman–Crippen MR) is 61.0 cm³/mol. The molecule has 0 amide bonds. The molecule has 82 valence electrons. The molecule has 5 heteroatoms. The van der Waals surface area contributed by atoms with Crippen LogP contribution in [-0.2, 0) is 0 Å². The van der Waals surface area contributed by atoms with Gasteiger partial charge in [0.15, 0.2) is 5.65 Å². The Hall–Kier alpha value is -2.09. The number of nitriles is 1. The fourth-order valence-electron chi connectivity index (χ4n) is 1.56. The van der Waals surface area contributed by atoms with E-state index in [0.29, 0.717) is 6.54 Å². The third-order valence-corrected chi connectivity index (χ3v) is 2.40. The zero-order valence-electron chi connectivity index (χ0n) is 9.33. The van der Waals surface area contributed by atoms with Crippen LogP contribution in [0, 0.1) is 17.2 Å². The lowest BCUT2D eigenvalue weighted by Gasteiger charge is -2.18. The Morgan fingerprint density at radius 2 is 2.38 bits per heavy atom. The second-order valence-corrected chi connectivity index (χ2v) is 3.83. The van der Waals surface area contributed by atoms with Crippen LogP contribution in [0.5, 0.6) is 0 Å². The van der Waals surface area contributed by atoms with Crippen LogP contribution in [0.1, 0.15) is 6.92 Å². The zero-order chi connectivity index (χ0) is 11.5. The second-order valence-electron chi connectivity index (χ2n) is 3.83. The van der Waals surface area contributed by atoms with Crippen LogP contribution in [0.2, 0.25) is 0 Å². The number of nitrogens with zero attached hydrogens (tertiary/aromatic N) is 5. The van der Waals surface area contributed by atoms with Crippen LogP contribution in [0.4, 0.5) is 5.82 Å². The van der Waals surface area contributed by atoms with Gasteiger partial charge in [-0.3, -0.25) is 0 Å². The van der Waals surface area contributed by atoms with Gasteiger partial charge in [-0.25, -0.2) is 9.50 Å². The summed E-state index contributed by atoms with van der Waals surface area (Å²) < 4.78 is 1.71. The Labute approximate surface area is 93.9 Å². The lowest BCUT2D eigenvalue weighted by Crippen LogP contribution is -2.24. The van der Waals surface area contributed by atoms with E-state index in [2.05, 4.69) is 16.2 Å². The molecule has 0 fully saturated rings. The molecule has 0 bridgehead atoms. The molecule has 0 aliphatic heterocycles. The van der Waals surface area contributed by atoms with E-state index in [9.17, 15) is 0 Å². The minimum Gasteiger partial charge on any atom is -0.358 e. The summed E-state index contributed by atoms with van der Waals surface area (Å²) in [5, 5.41) is 12.8. The molecule has 16 heavy (non-hydrogen) atoms. The highest BCUT2D eigenvalue weighted by atomic mass is 15.3. The average molecular weight is 215 g/mol. The van der Waals surface area contributed by atoms with Gasteiger partial charge in [0, 0.05) is 25.9 Å².